The summed E-state index contributed by atoms with van der Waals surface area (Å²) in [6, 6.07) is 61.3. The van der Waals surface area contributed by atoms with Crippen molar-refractivity contribution in [2.45, 2.75) is 81.6 Å². The minimum atomic E-state index is -1.23. The first-order chi connectivity index (χ1) is 64.5. The maximum atomic E-state index is 13.8. The summed E-state index contributed by atoms with van der Waals surface area (Å²) in [6.07, 6.45) is 5.15. The molecule has 0 aliphatic rings. The van der Waals surface area contributed by atoms with Crippen LogP contribution in [-0.4, -0.2) is 138 Å². The first-order valence-electron chi connectivity index (χ1n) is 41.8. The predicted molar refractivity (Wildman–Crippen MR) is 507 cm³/mol. The van der Waals surface area contributed by atoms with Crippen LogP contribution >= 0.6 is 0 Å². The number of aromatic nitrogens is 20. The molecule has 20 aromatic rings. The van der Waals surface area contributed by atoms with E-state index in [-0.39, 0.29) is 111 Å². The Labute approximate surface area is 758 Å². The number of esters is 1. The Bertz CT molecular complexity index is 8040. The molecule has 0 radical (unpaired) electrons. The number of ether oxygens (including phenoxy) is 1. The third-order valence-electron chi connectivity index (χ3n) is 23.4. The molecule has 2 amide bonds. The van der Waals surface area contributed by atoms with Gasteiger partial charge in [-0.05, 0) is 170 Å². The Hall–Kier alpha value is -18.2. The fraction of sp³-hybridized carbons (Fsp3) is 0.134. The molecule has 0 unspecified atom stereocenters. The van der Waals surface area contributed by atoms with Gasteiger partial charge in [0.05, 0.1) is 99.1 Å². The molecular weight excluding hydrogens is 1710 g/mol. The van der Waals surface area contributed by atoms with Crippen molar-refractivity contribution in [3.63, 3.8) is 0 Å². The number of amides is 2. The Morgan fingerprint density at radius 1 is 0.328 bits per heavy atom. The molecule has 37 nitrogen and oxygen atoms in total. The molecule has 0 saturated heterocycles. The van der Waals surface area contributed by atoms with Crippen molar-refractivity contribution < 1.29 is 34.2 Å². The topological polar surface area (TPSA) is 522 Å². The number of carboxylic acids is 1. The lowest BCUT2D eigenvalue weighted by Gasteiger charge is -2.17. The van der Waals surface area contributed by atoms with Gasteiger partial charge in [-0.25, -0.2) is 73.7 Å². The molecule has 0 aliphatic heterocycles. The number of hydroxylamine groups is 1. The summed E-state index contributed by atoms with van der Waals surface area (Å²) in [5, 5.41) is 43.0. The largest absolute Gasteiger partial charge is 0.476 e. The van der Waals surface area contributed by atoms with Gasteiger partial charge in [-0.3, -0.25) is 52.2 Å². The molecule has 12 aromatic heterocycles. The van der Waals surface area contributed by atoms with Gasteiger partial charge in [0.2, 0.25) is 0 Å². The van der Waals surface area contributed by atoms with Crippen molar-refractivity contribution in [2.75, 3.05) is 30.0 Å². The zero-order chi connectivity index (χ0) is 94.5. The molecule has 134 heavy (non-hydrogen) atoms. The number of fused-ring (bicyclic) bond motifs is 8. The zero-order valence-electron chi connectivity index (χ0n) is 73.5. The summed E-state index contributed by atoms with van der Waals surface area (Å²) in [7, 11) is 1.27. The lowest BCUT2D eigenvalue weighted by molar-refractivity contribution is 0.0593. The maximum Gasteiger partial charge on any atom is 0.359 e. The number of nitrogen functional groups attached to an aromatic ring is 4. The molecule has 20 rings (SSSR count). The molecule has 0 bridgehead atoms. The van der Waals surface area contributed by atoms with Crippen LogP contribution in [0.1, 0.15) is 109 Å². The van der Waals surface area contributed by atoms with Gasteiger partial charge in [-0.1, -0.05) is 146 Å². The van der Waals surface area contributed by atoms with Gasteiger partial charge < -0.3 is 38.5 Å². The van der Waals surface area contributed by atoms with Crippen LogP contribution in [-0.2, 0) is 30.9 Å². The number of hydrogen-bond donors (Lipinski definition) is 8. The van der Waals surface area contributed by atoms with Crippen LogP contribution in [0.4, 0.5) is 23.3 Å². The van der Waals surface area contributed by atoms with E-state index in [0.29, 0.717) is 72.0 Å². The molecule has 0 spiro atoms. The molecule has 0 atom stereocenters. The van der Waals surface area contributed by atoms with Gasteiger partial charge in [-0.2, -0.15) is 20.4 Å². The van der Waals surface area contributed by atoms with Crippen LogP contribution in [0.2, 0.25) is 0 Å². The minimum absolute atomic E-state index is 0.00970. The van der Waals surface area contributed by atoms with Crippen LogP contribution in [0.3, 0.4) is 0 Å². The molecule has 0 fully saturated rings. The number of carboxylic acid groups (broad SMARTS) is 1. The number of para-hydroxylation sites is 4. The first kappa shape index (κ1) is 87.9. The third kappa shape index (κ3) is 15.9. The molecule has 0 saturated carbocycles. The summed E-state index contributed by atoms with van der Waals surface area (Å²) < 4.78 is 17.6. The predicted octanol–water partition coefficient (Wildman–Crippen LogP) is 11.2. The Kier molecular flexibility index (Phi) is 23.5. The van der Waals surface area contributed by atoms with Crippen molar-refractivity contribution in [3.8, 4) is 22.7 Å². The second-order valence-corrected chi connectivity index (χ2v) is 31.9. The number of aryl methyl sites for hydroxylation is 8. The van der Waals surface area contributed by atoms with Crippen molar-refractivity contribution in [1.82, 2.24) is 103 Å². The SMILES string of the molecule is COC(=O)c1nn(Cc2cc3cccc(C)c3c(=O)n2-c2ccccc2C)c2ncnc(N)c12.Cc1ccccc1-n1c(Cn2nc(C(=O)NO)c3c(N)ncnc32)cc2cccc(C)c2c1=O.Cc1ccccc1-n1c(Cn2nc(C(=O)O)c3c(N)ncnc32)cc2cccc(C)c2c1=O.Cc1ccccc1-n1c(Cn2nc(C(N)=O)c3c(N)ncnc32)cc2cccc(C)c2c1=O. The number of rotatable bonds is 16. The lowest BCUT2D eigenvalue weighted by Crippen LogP contribution is -2.25. The quantitative estimate of drug-likeness (QED) is 0.0253. The summed E-state index contributed by atoms with van der Waals surface area (Å²) >= 11 is 0. The number of primary amides is 1. The Balaban J connectivity index is 0.000000124. The van der Waals surface area contributed by atoms with E-state index in [4.69, 9.17) is 38.6 Å². The number of nitrogens with two attached hydrogens (primary N) is 5. The maximum absolute atomic E-state index is 13.8. The van der Waals surface area contributed by atoms with E-state index < -0.39 is 23.8 Å². The van der Waals surface area contributed by atoms with Crippen molar-refractivity contribution in [3.05, 3.63) is 351 Å². The van der Waals surface area contributed by atoms with Crippen molar-refractivity contribution in [1.29, 1.82) is 0 Å². The standard InChI is InChI=1S/C25H22N6O3.C24H21N7O3.C24H21N7O2.C24H20N6O3/c1-14-7-4-5-10-18(14)31-17(11-16-9-6-8-15(2)19(16)24(31)32)12-30-23-20(22(26)27-13-28-23)21(29-30)25(33)34-3;1-13-6-3-4-9-17(13)31-16(10-15-8-5-7-14(2)18(15)24(31)33)11-30-22-19(21(25)26-12-27-22)20(28-30)23(32)29-34;1-13-6-3-4-9-17(13)31-16(10-15-8-5-7-14(2)18(15)24(31)33)11-30-23-19(20(29-30)22(26)32)21(25)27-12-28-23;1-13-6-3-4-9-17(13)30-16(10-15-8-5-7-14(2)18(15)23(30)31)11-29-22-19(20(28-29)24(32)33)21(25)26-12-27-22/h4-11,13H,12H2,1-3H3,(H2,26,27,28);3-10,12,34H,11H2,1-2H3,(H,29,32)(H2,25,26,27);3-10,12H,11H2,1-2H3,(H2,26,32)(H2,25,27,28);3-10,12H,11H2,1-2H3,(H,32,33)(H2,25,26,27). The van der Waals surface area contributed by atoms with E-state index in [9.17, 15) is 43.5 Å². The number of nitrogens with zero attached hydrogens (tertiary/aromatic N) is 20. The average molecular weight is 1790 g/mol. The molecule has 13 N–H and O–H groups in total. The monoisotopic (exact) mass is 1790 g/mol. The fourth-order valence-corrected chi connectivity index (χ4v) is 17.1. The van der Waals surface area contributed by atoms with Crippen molar-refractivity contribution >= 4 is 134 Å². The normalized spacial score (nSPS) is 11.3. The third-order valence-corrected chi connectivity index (χ3v) is 23.4. The molecular formula is C97H84N26O11. The summed E-state index contributed by atoms with van der Waals surface area (Å²) in [4.78, 5) is 136. The first-order valence-corrected chi connectivity index (χ1v) is 41.8. The lowest BCUT2D eigenvalue weighted by atomic mass is 10.1. The van der Waals surface area contributed by atoms with Crippen LogP contribution in [0.15, 0.2) is 239 Å². The van der Waals surface area contributed by atoms with Crippen LogP contribution < -0.4 is 56.4 Å². The van der Waals surface area contributed by atoms with Gasteiger partial charge in [-0.15, -0.1) is 0 Å². The zero-order valence-corrected chi connectivity index (χ0v) is 73.5. The highest BCUT2D eigenvalue weighted by atomic mass is 16.5. The Morgan fingerprint density at radius 3 is 0.843 bits per heavy atom. The van der Waals surface area contributed by atoms with E-state index in [1.54, 1.807) is 28.4 Å². The molecule has 668 valence electrons. The van der Waals surface area contributed by atoms with E-state index >= 15 is 0 Å². The number of carbonyl (C=O) groups is 4. The molecule has 8 aromatic carbocycles. The average Bonchev–Trinajstić information content (AvgIpc) is 1.39. The minimum Gasteiger partial charge on any atom is -0.476 e. The number of anilines is 4. The summed E-state index contributed by atoms with van der Waals surface area (Å²) in [5.41, 5.74) is 44.4. The molecule has 37 heteroatoms. The van der Waals surface area contributed by atoms with Crippen LogP contribution in [0.25, 0.3) is 110 Å². The second-order valence-electron chi connectivity index (χ2n) is 31.9. The smallest absolute Gasteiger partial charge is 0.359 e. The van der Waals surface area contributed by atoms with Gasteiger partial charge in [0, 0.05) is 22.8 Å². The number of pyridine rings is 4. The number of benzene rings is 8. The number of methoxy groups -OCH3 is 1. The summed E-state index contributed by atoms with van der Waals surface area (Å²) in [6.45, 7) is 16.0. The fourth-order valence-electron chi connectivity index (χ4n) is 17.1. The highest BCUT2D eigenvalue weighted by molar-refractivity contribution is 6.09. The van der Waals surface area contributed by atoms with Gasteiger partial charge in [0.15, 0.2) is 45.4 Å². The number of nitrogens with one attached hydrogen (secondary N) is 1. The molecule has 12 heterocycles. The van der Waals surface area contributed by atoms with Gasteiger partial charge in [0.25, 0.3) is 34.1 Å². The van der Waals surface area contributed by atoms with E-state index in [2.05, 4.69) is 60.3 Å². The second kappa shape index (κ2) is 35.8. The summed E-state index contributed by atoms with van der Waals surface area (Å²) in [5.74, 6) is -3.11. The van der Waals surface area contributed by atoms with Gasteiger partial charge in [0.1, 0.15) is 48.6 Å². The van der Waals surface area contributed by atoms with Crippen LogP contribution in [0, 0.1) is 55.4 Å². The van der Waals surface area contributed by atoms with E-state index in [1.165, 1.54) is 46.5 Å². The highest BCUT2D eigenvalue weighted by Crippen LogP contribution is 2.33. The van der Waals surface area contributed by atoms with Gasteiger partial charge >= 0.3 is 11.9 Å². The number of carbonyl (C=O) groups excluding carboxylic acids is 3. The van der Waals surface area contributed by atoms with Crippen molar-refractivity contribution in [2.24, 2.45) is 5.73 Å². The van der Waals surface area contributed by atoms with E-state index in [1.807, 2.05) is 250 Å². The Morgan fingerprint density at radius 2 is 0.575 bits per heavy atom. The molecule has 0 aliphatic carbocycles. The van der Waals surface area contributed by atoms with E-state index in [0.717, 1.165) is 88.8 Å². The number of hydrogen-bond acceptors (Lipinski definition) is 26. The number of aromatic carboxylic acids is 1. The highest BCUT2D eigenvalue weighted by Gasteiger charge is 2.30. The van der Waals surface area contributed by atoms with Crippen LogP contribution in [0.5, 0.6) is 0 Å².